The van der Waals surface area contributed by atoms with Crippen molar-refractivity contribution in [1.82, 2.24) is 0 Å². The molecule has 13 nitrogen and oxygen atoms in total. The highest BCUT2D eigenvalue weighted by molar-refractivity contribution is 7.96. The van der Waals surface area contributed by atoms with Gasteiger partial charge < -0.3 is 14.5 Å². The maximum atomic E-state index is 12.4. The molecule has 0 heterocycles. The maximum absolute atomic E-state index is 12.4. The molecule has 28 heavy (non-hydrogen) atoms. The van der Waals surface area contributed by atoms with E-state index in [-0.39, 0.29) is 0 Å². The van der Waals surface area contributed by atoms with Crippen LogP contribution in [-0.2, 0) is 48.9 Å². The molecule has 0 aliphatic rings. The van der Waals surface area contributed by atoms with Crippen LogP contribution in [0, 0.1) is 0 Å². The minimum atomic E-state index is -6.11. The summed E-state index contributed by atoms with van der Waals surface area (Å²) in [4.78, 5) is 36.0. The van der Waals surface area contributed by atoms with E-state index in [2.05, 4.69) is 14.5 Å². The van der Waals surface area contributed by atoms with Gasteiger partial charge in [-0.25, -0.2) is 4.79 Å². The fourth-order valence-corrected chi connectivity index (χ4v) is 8.32. The summed E-state index contributed by atoms with van der Waals surface area (Å²) in [6.45, 7) is 0. The van der Waals surface area contributed by atoms with Crippen molar-refractivity contribution in [3.63, 3.8) is 0 Å². The maximum Gasteiger partial charge on any atom is 0.372 e. The van der Waals surface area contributed by atoms with Gasteiger partial charge in [0, 0.05) is 7.11 Å². The zero-order valence-electron chi connectivity index (χ0n) is 14.3. The highest BCUT2D eigenvalue weighted by atomic mass is 32.2. The van der Waals surface area contributed by atoms with Crippen LogP contribution >= 0.6 is 7.60 Å². The van der Waals surface area contributed by atoms with E-state index in [0.717, 1.165) is 31.4 Å². The Hall–Kier alpha value is -1.42. The molecule has 1 aromatic rings. The normalized spacial score (nSPS) is 17.4. The fourth-order valence-electron chi connectivity index (χ4n) is 2.75. The Morgan fingerprint density at radius 3 is 1.89 bits per heavy atom. The Morgan fingerprint density at radius 1 is 1.07 bits per heavy atom. The minimum Gasteiger partial charge on any atom is -0.367 e. The molecule has 3 atom stereocenters. The van der Waals surface area contributed by atoms with Crippen LogP contribution in [0.15, 0.2) is 30.3 Å². The van der Waals surface area contributed by atoms with Crippen molar-refractivity contribution in [3.05, 3.63) is 35.9 Å². The third-order valence-electron chi connectivity index (χ3n) is 3.61. The van der Waals surface area contributed by atoms with Crippen molar-refractivity contribution in [3.8, 4) is 0 Å². The van der Waals surface area contributed by atoms with E-state index >= 15 is 0 Å². The number of hydrogen-bond acceptors (Lipinski definition) is 9. The molecule has 16 heteroatoms. The van der Waals surface area contributed by atoms with Crippen LogP contribution < -0.4 is 0 Å². The summed E-state index contributed by atoms with van der Waals surface area (Å²) >= 11 is 0. The third kappa shape index (κ3) is 4.59. The molecule has 0 aliphatic heterocycles. The topological polar surface area (TPSA) is 211 Å². The summed E-state index contributed by atoms with van der Waals surface area (Å²) in [6.07, 6.45) is -2.70. The molecule has 0 spiro atoms. The summed E-state index contributed by atoms with van der Waals surface area (Å²) in [7, 11) is -16.5. The average Bonchev–Trinajstić information content (AvgIpc) is 2.51. The van der Waals surface area contributed by atoms with Crippen LogP contribution in [0.3, 0.4) is 0 Å². The molecule has 4 N–H and O–H groups in total. The molecule has 0 radical (unpaired) electrons. The van der Waals surface area contributed by atoms with Crippen molar-refractivity contribution in [1.29, 1.82) is 0 Å². The zero-order chi connectivity index (χ0) is 22.0. The van der Waals surface area contributed by atoms with E-state index in [1.807, 2.05) is 0 Å². The highest BCUT2D eigenvalue weighted by Crippen LogP contribution is 2.57. The number of rotatable bonds is 9. The third-order valence-corrected chi connectivity index (χ3v) is 9.05. The first-order valence-electron chi connectivity index (χ1n) is 6.97. The molecule has 0 aliphatic carbocycles. The summed E-state index contributed by atoms with van der Waals surface area (Å²) in [5, 5.41) is 0. The van der Waals surface area contributed by atoms with Gasteiger partial charge in [-0.05, 0) is 5.56 Å². The Labute approximate surface area is 159 Å². The van der Waals surface area contributed by atoms with Crippen molar-refractivity contribution in [2.45, 2.75) is 15.8 Å². The van der Waals surface area contributed by atoms with Gasteiger partial charge in [0.15, 0.2) is 10.9 Å². The lowest BCUT2D eigenvalue weighted by Crippen LogP contribution is -2.60. The molecule has 0 fully saturated rings. The highest BCUT2D eigenvalue weighted by Gasteiger charge is 2.70. The van der Waals surface area contributed by atoms with Crippen LogP contribution in [0.1, 0.15) is 5.56 Å². The summed E-state index contributed by atoms with van der Waals surface area (Å²) in [5.41, 5.74) is -0.802. The Morgan fingerprint density at radius 2 is 1.57 bits per heavy atom. The van der Waals surface area contributed by atoms with Gasteiger partial charge in [0.05, 0.1) is 7.11 Å². The molecular weight excluding hydrogens is 447 g/mol. The lowest BCUT2D eigenvalue weighted by Gasteiger charge is -2.39. The van der Waals surface area contributed by atoms with E-state index in [4.69, 9.17) is 0 Å². The molecule has 160 valence electrons. The van der Waals surface area contributed by atoms with Gasteiger partial charge in [0.2, 0.25) is 4.99 Å². The van der Waals surface area contributed by atoms with Gasteiger partial charge in [-0.1, -0.05) is 30.3 Å². The van der Waals surface area contributed by atoms with Crippen LogP contribution in [0.4, 0.5) is 0 Å². The number of benzene rings is 1. The number of methoxy groups -OCH3 is 1. The monoisotopic (exact) mass is 464 g/mol. The molecule has 1 rings (SSSR count). The van der Waals surface area contributed by atoms with E-state index in [1.165, 1.54) is 6.07 Å². The predicted octanol–water partition coefficient (Wildman–Crippen LogP) is -0.719. The van der Waals surface area contributed by atoms with Gasteiger partial charge >= 0.3 is 13.6 Å². The number of carbonyl (C=O) groups is 1. The second-order valence-electron chi connectivity index (χ2n) is 5.28. The van der Waals surface area contributed by atoms with Crippen molar-refractivity contribution >= 4 is 33.8 Å². The second-order valence-corrected chi connectivity index (χ2v) is 10.4. The zero-order valence-corrected chi connectivity index (χ0v) is 16.8. The molecule has 3 unspecified atom stereocenters. The first kappa shape index (κ1) is 24.6. The number of carbonyl (C=O) groups excluding carboxylic acids is 1. The molecule has 1 aromatic carbocycles. The molecule has 0 aromatic heterocycles. The lowest BCUT2D eigenvalue weighted by atomic mass is 9.93. The van der Waals surface area contributed by atoms with Crippen LogP contribution in [0.2, 0.25) is 0 Å². The van der Waals surface area contributed by atoms with Gasteiger partial charge in [-0.2, -0.15) is 21.7 Å². The van der Waals surface area contributed by atoms with Crippen molar-refractivity contribution < 1.29 is 59.6 Å². The van der Waals surface area contributed by atoms with Crippen LogP contribution in [-0.4, -0.2) is 67.0 Å². The molecule has 0 saturated heterocycles. The van der Waals surface area contributed by atoms with Gasteiger partial charge in [0.25, 0.3) is 20.2 Å². The molecular formula is C12H17O13PS2. The Bertz CT molecular complexity index is 952. The summed E-state index contributed by atoms with van der Waals surface area (Å²) < 4.78 is 80.9. The Kier molecular flexibility index (Phi) is 7.49. The SMILES string of the molecule is COOC(=O)C(OC)C(c1ccccc1)(C(P(=O)(O)O)S(=O)(=O)O)S(=O)(=O)O. The van der Waals surface area contributed by atoms with Gasteiger partial charge in [-0.3, -0.25) is 18.6 Å². The first-order chi connectivity index (χ1) is 12.7. The van der Waals surface area contributed by atoms with Crippen LogP contribution in [0.5, 0.6) is 0 Å². The van der Waals surface area contributed by atoms with Crippen LogP contribution in [0.25, 0.3) is 0 Å². The quantitative estimate of drug-likeness (QED) is 0.154. The smallest absolute Gasteiger partial charge is 0.367 e. The standard InChI is InChI=1S/C12H17O13PS2/c1-23-9(10(13)25-24-2)12(28(20,21)22,8-6-4-3-5-7-8)11(26(14,15)16)27(17,18)19/h3-7,9,11H,1-2H3,(H2,14,15,16)(H,17,18,19)(H,20,21,22). The lowest BCUT2D eigenvalue weighted by molar-refractivity contribution is -0.264. The first-order valence-corrected chi connectivity index (χ1v) is 11.6. The number of ether oxygens (including phenoxy) is 1. The van der Waals surface area contributed by atoms with Gasteiger partial charge in [0.1, 0.15) is 0 Å². The summed E-state index contributed by atoms with van der Waals surface area (Å²) in [5.74, 6) is -1.77. The summed E-state index contributed by atoms with van der Waals surface area (Å²) in [6, 6.07) is 5.23. The predicted molar refractivity (Wildman–Crippen MR) is 90.9 cm³/mol. The van der Waals surface area contributed by atoms with E-state index < -0.39 is 55.2 Å². The van der Waals surface area contributed by atoms with E-state index in [0.29, 0.717) is 7.11 Å². The van der Waals surface area contributed by atoms with Gasteiger partial charge in [-0.15, -0.1) is 0 Å². The second kappa shape index (κ2) is 8.52. The molecule has 0 saturated carbocycles. The number of hydrogen-bond donors (Lipinski definition) is 4. The van der Waals surface area contributed by atoms with E-state index in [1.54, 1.807) is 0 Å². The average molecular weight is 464 g/mol. The van der Waals surface area contributed by atoms with Crippen molar-refractivity contribution in [2.75, 3.05) is 14.2 Å². The molecule has 0 bridgehead atoms. The fraction of sp³-hybridized carbons (Fsp3) is 0.417. The molecule has 0 amide bonds. The minimum absolute atomic E-state index is 0.672. The Balaban J connectivity index is 4.25. The van der Waals surface area contributed by atoms with E-state index in [9.17, 15) is 45.1 Å². The van der Waals surface area contributed by atoms with Crippen molar-refractivity contribution in [2.24, 2.45) is 0 Å². The largest absolute Gasteiger partial charge is 0.372 e.